The van der Waals surface area contributed by atoms with Gasteiger partial charge in [0.1, 0.15) is 6.33 Å². The molecule has 0 atom stereocenters. The zero-order chi connectivity index (χ0) is 13.1. The van der Waals surface area contributed by atoms with Gasteiger partial charge >= 0.3 is 5.97 Å². The van der Waals surface area contributed by atoms with Gasteiger partial charge < -0.3 is 5.11 Å². The number of hydrogen-bond donors (Lipinski definition) is 1. The van der Waals surface area contributed by atoms with Crippen LogP contribution in [-0.4, -0.2) is 31.3 Å². The predicted molar refractivity (Wildman–Crippen MR) is 65.1 cm³/mol. The number of carboxylic acid groups (broad SMARTS) is 1. The van der Waals surface area contributed by atoms with E-state index in [0.29, 0.717) is 5.57 Å². The van der Waals surface area contributed by atoms with Crippen LogP contribution >= 0.6 is 0 Å². The number of rotatable bonds is 3. The molecule has 0 aliphatic rings. The Morgan fingerprint density at radius 3 is 2.72 bits per heavy atom. The molecule has 0 amide bonds. The van der Waals surface area contributed by atoms with Crippen molar-refractivity contribution in [2.24, 2.45) is 0 Å². The van der Waals surface area contributed by atoms with Crippen molar-refractivity contribution in [3.05, 3.63) is 41.7 Å². The van der Waals surface area contributed by atoms with E-state index in [1.165, 1.54) is 11.0 Å². The van der Waals surface area contributed by atoms with Crippen molar-refractivity contribution in [2.45, 2.75) is 13.8 Å². The Morgan fingerprint density at radius 2 is 2.11 bits per heavy atom. The highest BCUT2D eigenvalue weighted by Crippen LogP contribution is 2.20. The molecule has 2 aromatic rings. The van der Waals surface area contributed by atoms with Crippen molar-refractivity contribution < 1.29 is 9.90 Å². The zero-order valence-corrected chi connectivity index (χ0v) is 10.0. The summed E-state index contributed by atoms with van der Waals surface area (Å²) in [6.45, 7) is 3.36. The van der Waals surface area contributed by atoms with Crippen LogP contribution in [0.4, 0.5) is 0 Å². The number of tetrazole rings is 1. The molecule has 1 aromatic heterocycles. The second-order valence-electron chi connectivity index (χ2n) is 3.86. The minimum Gasteiger partial charge on any atom is -0.478 e. The average molecular weight is 244 g/mol. The van der Waals surface area contributed by atoms with Crippen LogP contribution in [0, 0.1) is 0 Å². The van der Waals surface area contributed by atoms with E-state index in [1.54, 1.807) is 13.8 Å². The molecule has 6 nitrogen and oxygen atoms in total. The summed E-state index contributed by atoms with van der Waals surface area (Å²) in [5.74, 6) is -0.916. The maximum absolute atomic E-state index is 10.9. The number of benzene rings is 1. The number of carboxylic acids is 1. The Morgan fingerprint density at radius 1 is 1.33 bits per heavy atom. The minimum atomic E-state index is -0.916. The molecule has 2 rings (SSSR count). The van der Waals surface area contributed by atoms with Gasteiger partial charge in [-0.1, -0.05) is 12.1 Å². The molecule has 6 heteroatoms. The van der Waals surface area contributed by atoms with Gasteiger partial charge in [0, 0.05) is 5.57 Å². The summed E-state index contributed by atoms with van der Waals surface area (Å²) in [5, 5.41) is 19.9. The molecule has 0 radical (unpaired) electrons. The van der Waals surface area contributed by atoms with Crippen LogP contribution in [0.3, 0.4) is 0 Å². The Kier molecular flexibility index (Phi) is 3.18. The van der Waals surface area contributed by atoms with Crippen LogP contribution in [0.25, 0.3) is 11.3 Å². The van der Waals surface area contributed by atoms with E-state index in [1.807, 2.05) is 24.3 Å². The largest absolute Gasteiger partial charge is 0.478 e. The van der Waals surface area contributed by atoms with Crippen molar-refractivity contribution >= 4 is 11.5 Å². The zero-order valence-electron chi connectivity index (χ0n) is 10.0. The van der Waals surface area contributed by atoms with Gasteiger partial charge in [-0.3, -0.25) is 0 Å². The first-order valence-corrected chi connectivity index (χ1v) is 5.34. The summed E-state index contributed by atoms with van der Waals surface area (Å²) >= 11 is 0. The van der Waals surface area contributed by atoms with Crippen molar-refractivity contribution in [3.63, 3.8) is 0 Å². The summed E-state index contributed by atoms with van der Waals surface area (Å²) in [4.78, 5) is 10.9. The van der Waals surface area contributed by atoms with Crippen molar-refractivity contribution in [1.82, 2.24) is 20.2 Å². The average Bonchev–Trinajstić information content (AvgIpc) is 2.91. The van der Waals surface area contributed by atoms with E-state index < -0.39 is 5.97 Å². The molecule has 0 unspecified atom stereocenters. The van der Waals surface area contributed by atoms with Gasteiger partial charge in [0.15, 0.2) is 0 Å². The Labute approximate surface area is 104 Å². The maximum Gasteiger partial charge on any atom is 0.331 e. The topological polar surface area (TPSA) is 80.9 Å². The molecule has 0 saturated heterocycles. The number of carbonyl (C=O) groups is 1. The summed E-state index contributed by atoms with van der Waals surface area (Å²) in [6.07, 6.45) is 1.49. The summed E-state index contributed by atoms with van der Waals surface area (Å²) in [7, 11) is 0. The molecule has 0 bridgehead atoms. The quantitative estimate of drug-likeness (QED) is 0.828. The Bertz CT molecular complexity index is 602. The maximum atomic E-state index is 10.9. The van der Waals surface area contributed by atoms with Gasteiger partial charge in [0.2, 0.25) is 0 Å². The van der Waals surface area contributed by atoms with E-state index in [2.05, 4.69) is 15.5 Å². The first kappa shape index (κ1) is 12.0. The lowest BCUT2D eigenvalue weighted by atomic mass is 10.0. The molecule has 0 spiro atoms. The molecule has 0 aliphatic heterocycles. The molecular formula is C12H12N4O2. The predicted octanol–water partition coefficient (Wildman–Crippen LogP) is 1.54. The summed E-state index contributed by atoms with van der Waals surface area (Å²) in [6, 6.07) is 7.39. The third-order valence-electron chi connectivity index (χ3n) is 2.78. The first-order valence-electron chi connectivity index (χ1n) is 5.34. The van der Waals surface area contributed by atoms with E-state index >= 15 is 0 Å². The third-order valence-corrected chi connectivity index (χ3v) is 2.78. The highest BCUT2D eigenvalue weighted by molar-refractivity contribution is 5.95. The van der Waals surface area contributed by atoms with Crippen LogP contribution < -0.4 is 0 Å². The van der Waals surface area contributed by atoms with E-state index in [9.17, 15) is 4.79 Å². The lowest BCUT2D eigenvalue weighted by molar-refractivity contribution is -0.132. The van der Waals surface area contributed by atoms with Gasteiger partial charge in [0.05, 0.1) is 5.69 Å². The summed E-state index contributed by atoms with van der Waals surface area (Å²) in [5.41, 5.74) is 2.67. The van der Waals surface area contributed by atoms with Crippen LogP contribution in [0.15, 0.2) is 36.2 Å². The van der Waals surface area contributed by atoms with Crippen LogP contribution in [0.1, 0.15) is 19.4 Å². The molecule has 18 heavy (non-hydrogen) atoms. The van der Waals surface area contributed by atoms with E-state index in [0.717, 1.165) is 16.8 Å². The van der Waals surface area contributed by atoms with Crippen LogP contribution in [0.5, 0.6) is 0 Å². The second-order valence-corrected chi connectivity index (χ2v) is 3.86. The van der Waals surface area contributed by atoms with E-state index in [-0.39, 0.29) is 0 Å². The van der Waals surface area contributed by atoms with Crippen molar-refractivity contribution in [1.29, 1.82) is 0 Å². The third kappa shape index (κ3) is 2.27. The second kappa shape index (κ2) is 4.79. The monoisotopic (exact) mass is 244 g/mol. The fourth-order valence-corrected chi connectivity index (χ4v) is 1.54. The Balaban J connectivity index is 2.46. The van der Waals surface area contributed by atoms with Gasteiger partial charge in [-0.2, -0.15) is 0 Å². The van der Waals surface area contributed by atoms with Crippen LogP contribution in [-0.2, 0) is 4.79 Å². The Hall–Kier alpha value is -2.50. The van der Waals surface area contributed by atoms with E-state index in [4.69, 9.17) is 5.11 Å². The summed E-state index contributed by atoms with van der Waals surface area (Å²) < 4.78 is 1.52. The molecular weight excluding hydrogens is 232 g/mol. The molecule has 0 aliphatic carbocycles. The molecule has 92 valence electrons. The number of nitrogens with zero attached hydrogens (tertiary/aromatic N) is 4. The molecule has 0 fully saturated rings. The highest BCUT2D eigenvalue weighted by atomic mass is 16.4. The lowest BCUT2D eigenvalue weighted by Crippen LogP contribution is -2.00. The molecule has 0 saturated carbocycles. The van der Waals surface area contributed by atoms with Gasteiger partial charge in [-0.15, -0.1) is 5.10 Å². The molecule has 1 heterocycles. The fourth-order valence-electron chi connectivity index (χ4n) is 1.54. The smallest absolute Gasteiger partial charge is 0.331 e. The SMILES string of the molecule is CC(C(=O)O)=C(C)c1cccc(-n2cnnn2)c1. The highest BCUT2D eigenvalue weighted by Gasteiger charge is 2.08. The first-order chi connectivity index (χ1) is 8.59. The van der Waals surface area contributed by atoms with Crippen molar-refractivity contribution in [3.8, 4) is 5.69 Å². The number of hydrogen-bond acceptors (Lipinski definition) is 4. The van der Waals surface area contributed by atoms with Gasteiger partial charge in [0.25, 0.3) is 0 Å². The number of aromatic nitrogens is 4. The minimum absolute atomic E-state index is 0.323. The molecule has 1 aromatic carbocycles. The number of aliphatic carboxylic acids is 1. The molecule has 1 N–H and O–H groups in total. The number of allylic oxidation sites excluding steroid dienone is 1. The van der Waals surface area contributed by atoms with Gasteiger partial charge in [-0.05, 0) is 47.5 Å². The standard InChI is InChI=1S/C12H12N4O2/c1-8(9(2)12(17)18)10-4-3-5-11(6-10)16-7-13-14-15-16/h3-7H,1-2H3,(H,17,18). The lowest BCUT2D eigenvalue weighted by Gasteiger charge is -2.06. The van der Waals surface area contributed by atoms with Crippen molar-refractivity contribution in [2.75, 3.05) is 0 Å². The van der Waals surface area contributed by atoms with Crippen LogP contribution in [0.2, 0.25) is 0 Å². The van der Waals surface area contributed by atoms with Gasteiger partial charge in [-0.25, -0.2) is 9.48 Å². The normalized spacial score (nSPS) is 12.1. The fraction of sp³-hybridized carbons (Fsp3) is 0.167.